The molecule has 1 spiro atoms. The Hall–Kier alpha value is -3.03. The predicted molar refractivity (Wildman–Crippen MR) is 81.7 cm³/mol. The Bertz CT molecular complexity index is 908. The fourth-order valence-electron chi connectivity index (χ4n) is 4.22. The zero-order chi connectivity index (χ0) is 18.1. The van der Waals surface area contributed by atoms with Crippen LogP contribution in [-0.4, -0.2) is 37.8 Å². The van der Waals surface area contributed by atoms with Crippen LogP contribution >= 0.6 is 0 Å². The average Bonchev–Trinajstić information content (AvgIpc) is 3.15. The molecule has 3 aliphatic rings. The molecule has 0 saturated carbocycles. The first-order valence-corrected chi connectivity index (χ1v) is 7.57. The number of halogens is 1. The van der Waals surface area contributed by atoms with Gasteiger partial charge in [-0.1, -0.05) is 6.08 Å². The summed E-state index contributed by atoms with van der Waals surface area (Å²) in [6, 6.07) is 3.73. The van der Waals surface area contributed by atoms with E-state index in [4.69, 9.17) is 4.74 Å². The molecule has 3 amide bonds. The number of ether oxygens (including phenoxy) is 1. The van der Waals surface area contributed by atoms with Crippen molar-refractivity contribution in [3.8, 4) is 0 Å². The van der Waals surface area contributed by atoms with Gasteiger partial charge in [-0.05, 0) is 23.8 Å². The summed E-state index contributed by atoms with van der Waals surface area (Å²) in [7, 11) is 2.62. The van der Waals surface area contributed by atoms with Crippen LogP contribution in [0.2, 0.25) is 0 Å². The van der Waals surface area contributed by atoms with E-state index in [1.807, 2.05) is 0 Å². The van der Waals surface area contributed by atoms with Gasteiger partial charge in [-0.2, -0.15) is 0 Å². The number of hydrogen-bond donors (Lipinski definition) is 1. The van der Waals surface area contributed by atoms with Crippen molar-refractivity contribution in [2.24, 2.45) is 11.8 Å². The maximum Gasteiger partial charge on any atom is 0.334 e. The van der Waals surface area contributed by atoms with Crippen molar-refractivity contribution >= 4 is 29.4 Å². The molecule has 1 saturated heterocycles. The van der Waals surface area contributed by atoms with Crippen LogP contribution in [0.25, 0.3) is 0 Å². The molecule has 1 aliphatic carbocycles. The Morgan fingerprint density at radius 3 is 2.68 bits per heavy atom. The number of amides is 3. The first-order chi connectivity index (χ1) is 11.8. The Balaban J connectivity index is 2.07. The summed E-state index contributed by atoms with van der Waals surface area (Å²) in [5.41, 5.74) is -1.29. The smallest absolute Gasteiger partial charge is 0.334 e. The topological polar surface area (TPSA) is 92.8 Å². The third-order valence-corrected chi connectivity index (χ3v) is 5.22. The average molecular weight is 344 g/mol. The number of imide groups is 1. The summed E-state index contributed by atoms with van der Waals surface area (Å²) in [5.74, 6) is -5.38. The molecular weight excluding hydrogens is 331 g/mol. The minimum Gasteiger partial charge on any atom is -0.466 e. The number of nitrogens with one attached hydrogen (secondary N) is 1. The molecule has 2 aliphatic heterocycles. The molecule has 1 fully saturated rings. The van der Waals surface area contributed by atoms with Gasteiger partial charge >= 0.3 is 5.97 Å². The lowest BCUT2D eigenvalue weighted by atomic mass is 9.68. The normalized spacial score (nSPS) is 29.6. The maximum absolute atomic E-state index is 13.9. The quantitative estimate of drug-likeness (QED) is 0.574. The summed E-state index contributed by atoms with van der Waals surface area (Å²) in [5, 5.41) is 2.19. The molecule has 8 heteroatoms. The van der Waals surface area contributed by atoms with Crippen LogP contribution in [0, 0.1) is 17.7 Å². The highest BCUT2D eigenvalue weighted by Crippen LogP contribution is 2.58. The lowest BCUT2D eigenvalue weighted by molar-refractivity contribution is -0.139. The largest absolute Gasteiger partial charge is 0.466 e. The van der Waals surface area contributed by atoms with Gasteiger partial charge in [-0.15, -0.1) is 0 Å². The van der Waals surface area contributed by atoms with Crippen LogP contribution in [-0.2, 0) is 29.3 Å². The van der Waals surface area contributed by atoms with Gasteiger partial charge in [-0.25, -0.2) is 9.18 Å². The van der Waals surface area contributed by atoms with Gasteiger partial charge in [0.25, 0.3) is 0 Å². The molecule has 25 heavy (non-hydrogen) atoms. The van der Waals surface area contributed by atoms with Crippen LogP contribution in [0.5, 0.6) is 0 Å². The molecule has 0 unspecified atom stereocenters. The number of nitrogens with zero attached hydrogens (tertiary/aromatic N) is 1. The number of methoxy groups -OCH3 is 1. The van der Waals surface area contributed by atoms with E-state index in [1.54, 1.807) is 0 Å². The third kappa shape index (κ3) is 1.63. The molecule has 0 aromatic heterocycles. The van der Waals surface area contributed by atoms with Crippen molar-refractivity contribution in [3.63, 3.8) is 0 Å². The lowest BCUT2D eigenvalue weighted by Gasteiger charge is -2.30. The first kappa shape index (κ1) is 15.5. The molecule has 0 bridgehead atoms. The first-order valence-electron chi connectivity index (χ1n) is 7.57. The highest BCUT2D eigenvalue weighted by molar-refractivity contribution is 6.22. The number of carbonyl (C=O) groups excluding carboxylic acids is 4. The van der Waals surface area contributed by atoms with E-state index in [-0.39, 0.29) is 11.1 Å². The molecule has 1 N–H and O–H groups in total. The van der Waals surface area contributed by atoms with Crippen LogP contribution in [0.3, 0.4) is 0 Å². The molecular formula is C17H13FN2O5. The predicted octanol–water partition coefficient (Wildman–Crippen LogP) is 0.0417. The van der Waals surface area contributed by atoms with Crippen LogP contribution in [0.4, 0.5) is 10.1 Å². The van der Waals surface area contributed by atoms with E-state index < -0.39 is 46.8 Å². The summed E-state index contributed by atoms with van der Waals surface area (Å²) in [4.78, 5) is 51.4. The van der Waals surface area contributed by atoms with E-state index in [2.05, 4.69) is 5.32 Å². The van der Waals surface area contributed by atoms with Gasteiger partial charge < -0.3 is 9.64 Å². The Morgan fingerprint density at radius 1 is 1.28 bits per heavy atom. The highest BCUT2D eigenvalue weighted by atomic mass is 19.1. The standard InChI is InChI=1S/C17H13FN2O5/c1-20-11-4-3-7(18)5-9(11)17(16(20)24)10(15(23)25-2)6-8-12(17)14(22)19-13(8)21/h3-6,8,12H,1-2H3,(H,19,21,22)/t8-,12+,17+/m0/s1. The van der Waals surface area contributed by atoms with Crippen molar-refractivity contribution < 1.29 is 28.3 Å². The fraction of sp³-hybridized carbons (Fsp3) is 0.294. The van der Waals surface area contributed by atoms with E-state index in [9.17, 15) is 23.6 Å². The van der Waals surface area contributed by atoms with Crippen molar-refractivity contribution in [2.75, 3.05) is 19.1 Å². The third-order valence-electron chi connectivity index (χ3n) is 5.22. The lowest BCUT2D eigenvalue weighted by Crippen LogP contribution is -2.49. The maximum atomic E-state index is 13.9. The van der Waals surface area contributed by atoms with Crippen LogP contribution in [0.15, 0.2) is 29.8 Å². The Morgan fingerprint density at radius 2 is 2.00 bits per heavy atom. The van der Waals surface area contributed by atoms with Crippen molar-refractivity contribution in [2.45, 2.75) is 5.41 Å². The van der Waals surface area contributed by atoms with Crippen LogP contribution < -0.4 is 10.2 Å². The minimum absolute atomic E-state index is 0.102. The number of carbonyl (C=O) groups is 4. The summed E-state index contributed by atoms with van der Waals surface area (Å²) < 4.78 is 18.7. The molecule has 0 radical (unpaired) electrons. The van der Waals surface area contributed by atoms with Crippen molar-refractivity contribution in [1.82, 2.24) is 5.32 Å². The molecule has 7 nitrogen and oxygen atoms in total. The summed E-state index contributed by atoms with van der Waals surface area (Å²) in [6.07, 6.45) is 1.29. The van der Waals surface area contributed by atoms with Gasteiger partial charge in [0, 0.05) is 12.7 Å². The number of rotatable bonds is 1. The van der Waals surface area contributed by atoms with Gasteiger partial charge in [0.1, 0.15) is 11.2 Å². The monoisotopic (exact) mass is 344 g/mol. The number of likely N-dealkylation sites (N-methyl/N-ethyl adjacent to an activating group) is 1. The SMILES string of the molecule is COC(=O)C1=C[C@@H]2C(=O)NC(=O)[C@@H]2[C@]12C(=O)N(C)c1ccc(F)cc12. The van der Waals surface area contributed by atoms with Crippen LogP contribution in [0.1, 0.15) is 5.56 Å². The van der Waals surface area contributed by atoms with Gasteiger partial charge in [0.2, 0.25) is 17.7 Å². The van der Waals surface area contributed by atoms with Crippen molar-refractivity contribution in [3.05, 3.63) is 41.2 Å². The summed E-state index contributed by atoms with van der Waals surface area (Å²) in [6.45, 7) is 0. The summed E-state index contributed by atoms with van der Waals surface area (Å²) >= 11 is 0. The Kier molecular flexibility index (Phi) is 2.94. The number of esters is 1. The second-order valence-electron chi connectivity index (χ2n) is 6.26. The second-order valence-corrected chi connectivity index (χ2v) is 6.26. The highest BCUT2D eigenvalue weighted by Gasteiger charge is 2.69. The molecule has 1 aromatic carbocycles. The number of fused-ring (bicyclic) bond motifs is 4. The number of anilines is 1. The molecule has 4 rings (SSSR count). The van der Waals surface area contributed by atoms with E-state index in [0.29, 0.717) is 5.69 Å². The van der Waals surface area contributed by atoms with Gasteiger partial charge in [-0.3, -0.25) is 19.7 Å². The molecule has 128 valence electrons. The van der Waals surface area contributed by atoms with Crippen molar-refractivity contribution in [1.29, 1.82) is 0 Å². The minimum atomic E-state index is -1.76. The molecule has 2 heterocycles. The number of benzene rings is 1. The molecule has 1 aromatic rings. The fourth-order valence-corrected chi connectivity index (χ4v) is 4.22. The van der Waals surface area contributed by atoms with E-state index in [0.717, 1.165) is 13.2 Å². The van der Waals surface area contributed by atoms with Gasteiger partial charge in [0.05, 0.1) is 24.5 Å². The van der Waals surface area contributed by atoms with Gasteiger partial charge in [0.15, 0.2) is 0 Å². The molecule has 3 atom stereocenters. The second kappa shape index (κ2) is 4.75. The zero-order valence-electron chi connectivity index (χ0n) is 13.3. The Labute approximate surface area is 141 Å². The zero-order valence-corrected chi connectivity index (χ0v) is 13.3. The van der Waals surface area contributed by atoms with E-state index >= 15 is 0 Å². The van der Waals surface area contributed by atoms with E-state index in [1.165, 1.54) is 30.2 Å². The number of hydrogen-bond acceptors (Lipinski definition) is 5.